The highest BCUT2D eigenvalue weighted by atomic mass is 32.1. The Kier molecular flexibility index (Phi) is 6.44. The second-order valence-electron chi connectivity index (χ2n) is 7.18. The third-order valence-corrected chi connectivity index (χ3v) is 5.91. The summed E-state index contributed by atoms with van der Waals surface area (Å²) in [6, 6.07) is 14.0. The summed E-state index contributed by atoms with van der Waals surface area (Å²) in [6.07, 6.45) is 0.637. The van der Waals surface area contributed by atoms with Crippen molar-refractivity contribution >= 4 is 28.8 Å². The number of nitrogens with zero attached hydrogens (tertiary/aromatic N) is 1. The van der Waals surface area contributed by atoms with Crippen LogP contribution in [0.3, 0.4) is 0 Å². The lowest BCUT2D eigenvalue weighted by molar-refractivity contribution is -0.136. The molecule has 5 nitrogen and oxygen atoms in total. The molecule has 6 heteroatoms. The molecule has 0 bridgehead atoms. The Morgan fingerprint density at radius 3 is 2.48 bits per heavy atom. The maximum absolute atomic E-state index is 12.2. The number of hydrogen-bond acceptors (Lipinski definition) is 4. The Morgan fingerprint density at radius 1 is 0.966 bits per heavy atom. The van der Waals surface area contributed by atoms with Gasteiger partial charge in [-0.15, -0.1) is 11.3 Å². The lowest BCUT2D eigenvalue weighted by Gasteiger charge is -2.09. The summed E-state index contributed by atoms with van der Waals surface area (Å²) in [5.41, 5.74) is 5.85. The Bertz CT molecular complexity index is 1060. The van der Waals surface area contributed by atoms with E-state index in [-0.39, 0.29) is 0 Å². The van der Waals surface area contributed by atoms with Crippen LogP contribution in [0, 0.1) is 27.7 Å². The lowest BCUT2D eigenvalue weighted by atomic mass is 10.1. The standard InChI is InChI=1S/C23H25N3O2S/c1-14-6-5-7-18(12-14)23-25-17(4)20(29-23)10-11-24-21(27)22(28)26-19-13-15(2)8-9-16(19)3/h5-9,12-13H,10-11H2,1-4H3,(H,24,27)(H,26,28). The highest BCUT2D eigenvalue weighted by molar-refractivity contribution is 7.15. The molecule has 150 valence electrons. The molecule has 29 heavy (non-hydrogen) atoms. The van der Waals surface area contributed by atoms with Gasteiger partial charge in [0, 0.05) is 29.1 Å². The van der Waals surface area contributed by atoms with Crippen LogP contribution in [0.2, 0.25) is 0 Å². The zero-order valence-electron chi connectivity index (χ0n) is 17.1. The number of anilines is 1. The van der Waals surface area contributed by atoms with E-state index in [1.807, 2.05) is 45.0 Å². The van der Waals surface area contributed by atoms with E-state index < -0.39 is 11.8 Å². The fourth-order valence-electron chi connectivity index (χ4n) is 2.98. The van der Waals surface area contributed by atoms with Gasteiger partial charge in [0.1, 0.15) is 5.01 Å². The van der Waals surface area contributed by atoms with E-state index in [0.717, 1.165) is 32.3 Å². The summed E-state index contributed by atoms with van der Waals surface area (Å²) in [5.74, 6) is -1.29. The first kappa shape index (κ1) is 20.7. The molecule has 0 radical (unpaired) electrons. The van der Waals surface area contributed by atoms with Crippen molar-refractivity contribution in [3.63, 3.8) is 0 Å². The van der Waals surface area contributed by atoms with Crippen LogP contribution < -0.4 is 10.6 Å². The van der Waals surface area contributed by atoms with Gasteiger partial charge in [0.05, 0.1) is 5.69 Å². The van der Waals surface area contributed by atoms with Crippen molar-refractivity contribution in [1.29, 1.82) is 0 Å². The molecule has 0 atom stereocenters. The van der Waals surface area contributed by atoms with Crippen molar-refractivity contribution < 1.29 is 9.59 Å². The molecule has 0 aliphatic heterocycles. The highest BCUT2D eigenvalue weighted by Gasteiger charge is 2.15. The lowest BCUT2D eigenvalue weighted by Crippen LogP contribution is -2.36. The Hall–Kier alpha value is -2.99. The van der Waals surface area contributed by atoms with E-state index in [1.54, 1.807) is 11.3 Å². The van der Waals surface area contributed by atoms with Gasteiger partial charge in [-0.25, -0.2) is 4.98 Å². The molecule has 0 unspecified atom stereocenters. The van der Waals surface area contributed by atoms with Crippen molar-refractivity contribution in [3.05, 3.63) is 69.7 Å². The number of carbonyl (C=O) groups is 2. The summed E-state index contributed by atoms with van der Waals surface area (Å²) in [4.78, 5) is 30.1. The predicted molar refractivity (Wildman–Crippen MR) is 118 cm³/mol. The van der Waals surface area contributed by atoms with Gasteiger partial charge in [0.15, 0.2) is 0 Å². The molecule has 1 heterocycles. The summed E-state index contributed by atoms with van der Waals surface area (Å²) in [6.45, 7) is 8.25. The van der Waals surface area contributed by atoms with Crippen molar-refractivity contribution in [2.24, 2.45) is 0 Å². The fourth-order valence-corrected chi connectivity index (χ4v) is 4.04. The van der Waals surface area contributed by atoms with Crippen LogP contribution in [0.4, 0.5) is 5.69 Å². The van der Waals surface area contributed by atoms with Gasteiger partial charge in [-0.05, 0) is 51.0 Å². The van der Waals surface area contributed by atoms with Crippen molar-refractivity contribution in [3.8, 4) is 10.6 Å². The number of aromatic nitrogens is 1. The zero-order valence-corrected chi connectivity index (χ0v) is 17.9. The molecule has 3 aromatic rings. The molecule has 0 aliphatic rings. The second-order valence-corrected chi connectivity index (χ2v) is 8.26. The van der Waals surface area contributed by atoms with E-state index in [9.17, 15) is 9.59 Å². The summed E-state index contributed by atoms with van der Waals surface area (Å²) >= 11 is 1.62. The maximum Gasteiger partial charge on any atom is 0.313 e. The van der Waals surface area contributed by atoms with Crippen LogP contribution >= 0.6 is 11.3 Å². The van der Waals surface area contributed by atoms with Gasteiger partial charge in [0.25, 0.3) is 0 Å². The van der Waals surface area contributed by atoms with Gasteiger partial charge in [0.2, 0.25) is 0 Å². The van der Waals surface area contributed by atoms with Crippen molar-refractivity contribution in [2.75, 3.05) is 11.9 Å². The number of benzene rings is 2. The van der Waals surface area contributed by atoms with Crippen LogP contribution in [0.25, 0.3) is 10.6 Å². The average Bonchev–Trinajstić information content (AvgIpc) is 3.05. The molecule has 0 saturated carbocycles. The largest absolute Gasteiger partial charge is 0.347 e. The molecular formula is C23H25N3O2S. The Morgan fingerprint density at radius 2 is 1.72 bits per heavy atom. The molecule has 0 aliphatic carbocycles. The van der Waals surface area contributed by atoms with Crippen LogP contribution in [0.1, 0.15) is 27.3 Å². The molecule has 1 aromatic heterocycles. The summed E-state index contributed by atoms with van der Waals surface area (Å²) in [5, 5.41) is 6.35. The Balaban J connectivity index is 1.56. The third kappa shape index (κ3) is 5.29. The van der Waals surface area contributed by atoms with Gasteiger partial charge < -0.3 is 10.6 Å². The molecule has 0 spiro atoms. The minimum absolute atomic E-state index is 0.384. The third-order valence-electron chi connectivity index (χ3n) is 4.64. The normalized spacial score (nSPS) is 10.6. The Labute approximate surface area is 175 Å². The second kappa shape index (κ2) is 9.01. The number of aryl methyl sites for hydroxylation is 4. The van der Waals surface area contributed by atoms with E-state index in [0.29, 0.717) is 18.7 Å². The van der Waals surface area contributed by atoms with E-state index >= 15 is 0 Å². The molecule has 2 aromatic carbocycles. The highest BCUT2D eigenvalue weighted by Crippen LogP contribution is 2.28. The van der Waals surface area contributed by atoms with Crippen molar-refractivity contribution in [1.82, 2.24) is 10.3 Å². The zero-order chi connectivity index (χ0) is 21.0. The predicted octanol–water partition coefficient (Wildman–Crippen LogP) is 4.34. The number of thiazole rings is 1. The van der Waals surface area contributed by atoms with Gasteiger partial charge in [-0.1, -0.05) is 35.9 Å². The quantitative estimate of drug-likeness (QED) is 0.618. The monoisotopic (exact) mass is 407 g/mol. The molecule has 0 fully saturated rings. The first-order chi connectivity index (χ1) is 13.8. The van der Waals surface area contributed by atoms with Crippen LogP contribution in [-0.2, 0) is 16.0 Å². The SMILES string of the molecule is Cc1cccc(-c2nc(C)c(CCNC(=O)C(=O)Nc3cc(C)ccc3C)s2)c1. The molecule has 0 saturated heterocycles. The first-order valence-electron chi connectivity index (χ1n) is 9.53. The number of carbonyl (C=O) groups excluding carboxylic acids is 2. The van der Waals surface area contributed by atoms with Gasteiger partial charge in [-0.3, -0.25) is 9.59 Å². The van der Waals surface area contributed by atoms with Crippen LogP contribution in [0.15, 0.2) is 42.5 Å². The number of hydrogen-bond donors (Lipinski definition) is 2. The fraction of sp³-hybridized carbons (Fsp3) is 0.261. The number of amides is 2. The average molecular weight is 408 g/mol. The van der Waals surface area contributed by atoms with E-state index in [1.165, 1.54) is 5.56 Å². The van der Waals surface area contributed by atoms with E-state index in [2.05, 4.69) is 40.7 Å². The van der Waals surface area contributed by atoms with Crippen molar-refractivity contribution in [2.45, 2.75) is 34.1 Å². The molecular weight excluding hydrogens is 382 g/mol. The summed E-state index contributed by atoms with van der Waals surface area (Å²) < 4.78 is 0. The number of nitrogens with one attached hydrogen (secondary N) is 2. The molecule has 3 rings (SSSR count). The van der Waals surface area contributed by atoms with Crippen LogP contribution in [0.5, 0.6) is 0 Å². The van der Waals surface area contributed by atoms with Gasteiger partial charge >= 0.3 is 11.8 Å². The van der Waals surface area contributed by atoms with E-state index in [4.69, 9.17) is 0 Å². The van der Waals surface area contributed by atoms with Crippen LogP contribution in [-0.4, -0.2) is 23.3 Å². The summed E-state index contributed by atoms with van der Waals surface area (Å²) in [7, 11) is 0. The topological polar surface area (TPSA) is 71.1 Å². The molecule has 2 N–H and O–H groups in total. The minimum Gasteiger partial charge on any atom is -0.347 e. The number of rotatable bonds is 5. The molecule has 2 amide bonds. The maximum atomic E-state index is 12.2. The van der Waals surface area contributed by atoms with Gasteiger partial charge in [-0.2, -0.15) is 0 Å². The minimum atomic E-state index is -0.653. The first-order valence-corrected chi connectivity index (χ1v) is 10.3. The smallest absolute Gasteiger partial charge is 0.313 e.